The Morgan fingerprint density at radius 1 is 1.23 bits per heavy atom. The predicted molar refractivity (Wildman–Crippen MR) is 104 cm³/mol. The van der Waals surface area contributed by atoms with E-state index in [1.54, 1.807) is 6.20 Å². The fourth-order valence-electron chi connectivity index (χ4n) is 1.80. The van der Waals surface area contributed by atoms with Crippen molar-refractivity contribution in [2.24, 2.45) is 10.7 Å². The first-order chi connectivity index (χ1) is 10.0. The van der Waals surface area contributed by atoms with Crippen molar-refractivity contribution in [3.63, 3.8) is 0 Å². The van der Waals surface area contributed by atoms with Crippen molar-refractivity contribution in [1.82, 2.24) is 4.98 Å². The van der Waals surface area contributed by atoms with Gasteiger partial charge in [-0.05, 0) is 36.8 Å². The number of hydrogen-bond donors (Lipinski definition) is 2. The third kappa shape index (κ3) is 5.51. The maximum Gasteiger partial charge on any atom is 0.193 e. The van der Waals surface area contributed by atoms with E-state index in [2.05, 4.69) is 15.3 Å². The summed E-state index contributed by atoms with van der Waals surface area (Å²) in [7, 11) is 3.92. The van der Waals surface area contributed by atoms with Crippen molar-refractivity contribution in [3.05, 3.63) is 53.7 Å². The van der Waals surface area contributed by atoms with Gasteiger partial charge in [-0.1, -0.05) is 17.7 Å². The zero-order valence-corrected chi connectivity index (χ0v) is 15.4. The Hall–Kier alpha value is -1.83. The van der Waals surface area contributed by atoms with Crippen molar-refractivity contribution in [1.29, 1.82) is 0 Å². The number of aryl methyl sites for hydroxylation is 1. The van der Waals surface area contributed by atoms with Gasteiger partial charge in [0.2, 0.25) is 0 Å². The molecule has 0 fully saturated rings. The van der Waals surface area contributed by atoms with E-state index < -0.39 is 0 Å². The minimum atomic E-state index is 0. The molecule has 0 radical (unpaired) electrons. The second-order valence-electron chi connectivity index (χ2n) is 5.11. The van der Waals surface area contributed by atoms with Crippen molar-refractivity contribution in [2.75, 3.05) is 24.3 Å². The first kappa shape index (κ1) is 18.2. The summed E-state index contributed by atoms with van der Waals surface area (Å²) >= 11 is 0. The lowest BCUT2D eigenvalue weighted by Gasteiger charge is -2.11. The molecule has 0 saturated heterocycles. The second kappa shape index (κ2) is 8.57. The van der Waals surface area contributed by atoms with Crippen LogP contribution < -0.4 is 16.0 Å². The number of nitrogens with one attached hydrogen (secondary N) is 1. The lowest BCUT2D eigenvalue weighted by molar-refractivity contribution is 1.02. The lowest BCUT2D eigenvalue weighted by atomic mass is 10.2. The zero-order chi connectivity index (χ0) is 15.2. The fraction of sp³-hybridized carbons (Fsp3) is 0.250. The minimum absolute atomic E-state index is 0. The van der Waals surface area contributed by atoms with Crippen LogP contribution in [0.5, 0.6) is 0 Å². The third-order valence-electron chi connectivity index (χ3n) is 3.02. The summed E-state index contributed by atoms with van der Waals surface area (Å²) in [5.74, 6) is 1.31. The lowest BCUT2D eigenvalue weighted by Crippen LogP contribution is -2.22. The Morgan fingerprint density at radius 3 is 2.55 bits per heavy atom. The van der Waals surface area contributed by atoms with E-state index in [0.29, 0.717) is 12.5 Å². The van der Waals surface area contributed by atoms with E-state index >= 15 is 0 Å². The van der Waals surface area contributed by atoms with Crippen LogP contribution in [-0.4, -0.2) is 25.0 Å². The van der Waals surface area contributed by atoms with Crippen LogP contribution in [0.3, 0.4) is 0 Å². The molecule has 0 aliphatic carbocycles. The zero-order valence-electron chi connectivity index (χ0n) is 13.1. The van der Waals surface area contributed by atoms with Crippen LogP contribution in [0, 0.1) is 6.92 Å². The van der Waals surface area contributed by atoms with Crippen molar-refractivity contribution < 1.29 is 0 Å². The molecule has 0 aliphatic heterocycles. The Kier molecular flexibility index (Phi) is 7.10. The number of hydrogen-bond acceptors (Lipinski definition) is 3. The van der Waals surface area contributed by atoms with Crippen molar-refractivity contribution in [3.8, 4) is 0 Å². The molecule has 0 aliphatic rings. The van der Waals surface area contributed by atoms with Gasteiger partial charge in [0.15, 0.2) is 5.96 Å². The summed E-state index contributed by atoms with van der Waals surface area (Å²) in [6.45, 7) is 2.57. The molecular formula is C16H22IN5. The predicted octanol–water partition coefficient (Wildman–Crippen LogP) is 3.00. The van der Waals surface area contributed by atoms with E-state index in [1.165, 1.54) is 5.56 Å². The molecule has 0 spiro atoms. The number of rotatable bonds is 4. The Balaban J connectivity index is 0.00000242. The van der Waals surface area contributed by atoms with Crippen LogP contribution in [0.2, 0.25) is 0 Å². The molecule has 0 bridgehead atoms. The number of nitrogens with zero attached hydrogens (tertiary/aromatic N) is 3. The molecule has 3 N–H and O–H groups in total. The molecular weight excluding hydrogens is 389 g/mol. The number of anilines is 2. The molecule has 2 aromatic rings. The maximum absolute atomic E-state index is 5.90. The van der Waals surface area contributed by atoms with Crippen LogP contribution in [-0.2, 0) is 6.54 Å². The van der Waals surface area contributed by atoms with Gasteiger partial charge in [-0.15, -0.1) is 24.0 Å². The fourth-order valence-corrected chi connectivity index (χ4v) is 1.80. The van der Waals surface area contributed by atoms with Crippen molar-refractivity contribution >= 4 is 41.4 Å². The summed E-state index contributed by atoms with van der Waals surface area (Å²) in [6.07, 6.45) is 1.78. The van der Waals surface area contributed by atoms with Crippen LogP contribution >= 0.6 is 24.0 Å². The standard InChI is InChI=1S/C16H21N5.HI/c1-12-4-6-14(7-5-12)20-16(17)19-11-13-8-9-18-15(10-13)21(2)3;/h4-10H,11H2,1-3H3,(H3,17,19,20);1H. The molecule has 0 amide bonds. The highest BCUT2D eigenvalue weighted by Gasteiger charge is 1.99. The highest BCUT2D eigenvalue weighted by molar-refractivity contribution is 14.0. The Morgan fingerprint density at radius 2 is 1.91 bits per heavy atom. The highest BCUT2D eigenvalue weighted by Crippen LogP contribution is 2.11. The van der Waals surface area contributed by atoms with Gasteiger partial charge >= 0.3 is 0 Å². The average molecular weight is 411 g/mol. The van der Waals surface area contributed by atoms with Crippen LogP contribution in [0.1, 0.15) is 11.1 Å². The molecule has 0 unspecified atom stereocenters. The number of aromatic nitrogens is 1. The van der Waals surface area contributed by atoms with Gasteiger partial charge in [0, 0.05) is 26.0 Å². The molecule has 5 nitrogen and oxygen atoms in total. The number of pyridine rings is 1. The van der Waals surface area contributed by atoms with Crippen LogP contribution in [0.4, 0.5) is 11.5 Å². The summed E-state index contributed by atoms with van der Waals surface area (Å²) in [5.41, 5.74) is 9.12. The van der Waals surface area contributed by atoms with Gasteiger partial charge < -0.3 is 16.0 Å². The molecule has 0 saturated carbocycles. The Labute approximate surface area is 148 Å². The number of guanidine groups is 1. The van der Waals surface area contributed by atoms with Gasteiger partial charge in [0.25, 0.3) is 0 Å². The summed E-state index contributed by atoms with van der Waals surface area (Å²) in [5, 5.41) is 3.08. The highest BCUT2D eigenvalue weighted by atomic mass is 127. The summed E-state index contributed by atoms with van der Waals surface area (Å²) in [6, 6.07) is 12.0. The van der Waals surface area contributed by atoms with Crippen molar-refractivity contribution in [2.45, 2.75) is 13.5 Å². The SMILES string of the molecule is Cc1ccc(NC(N)=NCc2ccnc(N(C)C)c2)cc1.I. The van der Waals surface area contributed by atoms with Crippen LogP contribution in [0.15, 0.2) is 47.6 Å². The largest absolute Gasteiger partial charge is 0.370 e. The minimum Gasteiger partial charge on any atom is -0.370 e. The molecule has 1 aromatic heterocycles. The van der Waals surface area contributed by atoms with E-state index in [9.17, 15) is 0 Å². The van der Waals surface area contributed by atoms with E-state index in [-0.39, 0.29) is 24.0 Å². The molecule has 1 aromatic carbocycles. The first-order valence-corrected chi connectivity index (χ1v) is 6.80. The molecule has 118 valence electrons. The second-order valence-corrected chi connectivity index (χ2v) is 5.11. The monoisotopic (exact) mass is 411 g/mol. The smallest absolute Gasteiger partial charge is 0.193 e. The molecule has 2 rings (SSSR count). The Bertz CT molecular complexity index is 623. The quantitative estimate of drug-likeness (QED) is 0.461. The van der Waals surface area contributed by atoms with Gasteiger partial charge in [-0.2, -0.15) is 0 Å². The van der Waals surface area contributed by atoms with Crippen LogP contribution in [0.25, 0.3) is 0 Å². The summed E-state index contributed by atoms with van der Waals surface area (Å²) in [4.78, 5) is 10.6. The summed E-state index contributed by atoms with van der Waals surface area (Å²) < 4.78 is 0. The van der Waals surface area contributed by atoms with Gasteiger partial charge in [-0.3, -0.25) is 0 Å². The van der Waals surface area contributed by atoms with Gasteiger partial charge in [-0.25, -0.2) is 9.98 Å². The van der Waals surface area contributed by atoms with E-state index in [4.69, 9.17) is 5.73 Å². The van der Waals surface area contributed by atoms with Gasteiger partial charge in [0.1, 0.15) is 5.82 Å². The topological polar surface area (TPSA) is 66.5 Å². The van der Waals surface area contributed by atoms with E-state index in [1.807, 2.05) is 62.3 Å². The maximum atomic E-state index is 5.90. The first-order valence-electron chi connectivity index (χ1n) is 6.80. The molecule has 6 heteroatoms. The number of aliphatic imine (C=N–C) groups is 1. The molecule has 0 atom stereocenters. The normalized spacial score (nSPS) is 10.8. The molecule has 22 heavy (non-hydrogen) atoms. The number of halogens is 1. The van der Waals surface area contributed by atoms with Gasteiger partial charge in [0.05, 0.1) is 6.54 Å². The molecule has 1 heterocycles. The van der Waals surface area contributed by atoms with E-state index in [0.717, 1.165) is 17.1 Å². The average Bonchev–Trinajstić information content (AvgIpc) is 2.48. The number of benzene rings is 1. The third-order valence-corrected chi connectivity index (χ3v) is 3.02. The number of nitrogens with two attached hydrogens (primary N) is 1.